The maximum Gasteiger partial charge on any atom is 0.331 e. The Balaban J connectivity index is 2.19. The van der Waals surface area contributed by atoms with Crippen molar-refractivity contribution in [3.05, 3.63) is 80.5 Å². The molecule has 1 heterocycles. The van der Waals surface area contributed by atoms with Gasteiger partial charge in [-0.25, -0.2) is 4.79 Å². The number of hydrogen-bond acceptors (Lipinski definition) is 2. The van der Waals surface area contributed by atoms with E-state index in [9.17, 15) is 9.59 Å². The van der Waals surface area contributed by atoms with Gasteiger partial charge in [0.25, 0.3) is 5.56 Å². The Labute approximate surface area is 147 Å². The van der Waals surface area contributed by atoms with E-state index in [2.05, 4.69) is 19.9 Å². The van der Waals surface area contributed by atoms with Gasteiger partial charge in [-0.1, -0.05) is 55.8 Å². The predicted octanol–water partition coefficient (Wildman–Crippen LogP) is 3.57. The second-order valence-corrected chi connectivity index (χ2v) is 7.01. The minimum Gasteiger partial charge on any atom is -0.289 e. The van der Waals surface area contributed by atoms with Crippen LogP contribution in [0.3, 0.4) is 0 Å². The van der Waals surface area contributed by atoms with Crippen molar-refractivity contribution in [3.63, 3.8) is 0 Å². The van der Waals surface area contributed by atoms with Gasteiger partial charge in [0.2, 0.25) is 0 Å². The summed E-state index contributed by atoms with van der Waals surface area (Å²) in [5.74, 6) is 0.433. The summed E-state index contributed by atoms with van der Waals surface area (Å²) in [6.07, 6.45) is 0.804. The molecule has 0 amide bonds. The molecule has 0 unspecified atom stereocenters. The highest BCUT2D eigenvalue weighted by atomic mass is 16.2. The van der Waals surface area contributed by atoms with Crippen LogP contribution in [0.25, 0.3) is 10.9 Å². The molecule has 3 rings (SSSR count). The first kappa shape index (κ1) is 17.2. The van der Waals surface area contributed by atoms with Gasteiger partial charge in [-0.05, 0) is 37.0 Å². The van der Waals surface area contributed by atoms with Gasteiger partial charge in [-0.15, -0.1) is 0 Å². The minimum atomic E-state index is -0.231. The maximum atomic E-state index is 13.0. The molecule has 3 aromatic rings. The van der Waals surface area contributed by atoms with E-state index in [0.29, 0.717) is 29.9 Å². The number of nitrogens with zero attached hydrogens (tertiary/aromatic N) is 2. The number of hydrogen-bond donors (Lipinski definition) is 0. The molecule has 0 aliphatic heterocycles. The van der Waals surface area contributed by atoms with E-state index in [4.69, 9.17) is 0 Å². The van der Waals surface area contributed by atoms with Crippen LogP contribution in [-0.4, -0.2) is 9.13 Å². The summed E-state index contributed by atoms with van der Waals surface area (Å²) in [4.78, 5) is 25.8. The van der Waals surface area contributed by atoms with E-state index < -0.39 is 0 Å². The molecule has 0 N–H and O–H groups in total. The van der Waals surface area contributed by atoms with E-state index in [0.717, 1.165) is 17.5 Å². The molecule has 0 saturated heterocycles. The zero-order chi connectivity index (χ0) is 18.0. The molecule has 130 valence electrons. The molecule has 0 spiro atoms. The van der Waals surface area contributed by atoms with Crippen molar-refractivity contribution >= 4 is 10.9 Å². The van der Waals surface area contributed by atoms with Gasteiger partial charge >= 0.3 is 5.69 Å². The van der Waals surface area contributed by atoms with E-state index in [1.54, 1.807) is 10.6 Å². The molecule has 0 aliphatic rings. The fraction of sp³-hybridized carbons (Fsp3) is 0.333. The summed E-state index contributed by atoms with van der Waals surface area (Å²) in [5.41, 5.74) is 2.48. The summed E-state index contributed by atoms with van der Waals surface area (Å²) < 4.78 is 3.10. The lowest BCUT2D eigenvalue weighted by atomic mass is 10.1. The number of fused-ring (bicyclic) bond motifs is 1. The summed E-state index contributed by atoms with van der Waals surface area (Å²) >= 11 is 0. The first-order valence-electron chi connectivity index (χ1n) is 8.75. The molecule has 1 aromatic heterocycles. The van der Waals surface area contributed by atoms with Gasteiger partial charge in [0.15, 0.2) is 0 Å². The van der Waals surface area contributed by atoms with Gasteiger partial charge in [-0.3, -0.25) is 13.9 Å². The molecule has 0 atom stereocenters. The van der Waals surface area contributed by atoms with Crippen molar-refractivity contribution in [2.75, 3.05) is 0 Å². The SMILES string of the molecule is Cc1cccc(Cn2c(=O)n(CCC(C)C)c(=O)c3ccccc32)c1. The summed E-state index contributed by atoms with van der Waals surface area (Å²) in [7, 11) is 0. The Morgan fingerprint density at radius 3 is 2.44 bits per heavy atom. The average Bonchev–Trinajstić information content (AvgIpc) is 2.58. The largest absolute Gasteiger partial charge is 0.331 e. The molecule has 0 bridgehead atoms. The smallest absolute Gasteiger partial charge is 0.289 e. The molecule has 4 heteroatoms. The van der Waals surface area contributed by atoms with Gasteiger partial charge in [-0.2, -0.15) is 0 Å². The van der Waals surface area contributed by atoms with Crippen molar-refractivity contribution in [1.29, 1.82) is 0 Å². The van der Waals surface area contributed by atoms with Crippen molar-refractivity contribution in [1.82, 2.24) is 9.13 Å². The minimum absolute atomic E-state index is 0.193. The third-order valence-electron chi connectivity index (χ3n) is 4.49. The Bertz CT molecular complexity index is 1010. The van der Waals surface area contributed by atoms with E-state index in [1.165, 1.54) is 4.57 Å². The number of para-hydroxylation sites is 1. The molecule has 0 fully saturated rings. The van der Waals surface area contributed by atoms with Gasteiger partial charge in [0.1, 0.15) is 0 Å². The van der Waals surface area contributed by atoms with Crippen LogP contribution >= 0.6 is 0 Å². The third kappa shape index (κ3) is 3.58. The van der Waals surface area contributed by atoms with Crippen LogP contribution in [0.2, 0.25) is 0 Å². The lowest BCUT2D eigenvalue weighted by Gasteiger charge is -2.15. The third-order valence-corrected chi connectivity index (χ3v) is 4.49. The molecular formula is C21H24N2O2. The van der Waals surface area contributed by atoms with E-state index in [-0.39, 0.29) is 11.2 Å². The fourth-order valence-electron chi connectivity index (χ4n) is 3.10. The number of aromatic nitrogens is 2. The highest BCUT2D eigenvalue weighted by molar-refractivity contribution is 5.77. The summed E-state index contributed by atoms with van der Waals surface area (Å²) in [6, 6.07) is 15.5. The first-order valence-corrected chi connectivity index (χ1v) is 8.75. The molecule has 25 heavy (non-hydrogen) atoms. The zero-order valence-corrected chi connectivity index (χ0v) is 15.0. The van der Waals surface area contributed by atoms with Crippen LogP contribution in [0.15, 0.2) is 58.1 Å². The first-order chi connectivity index (χ1) is 12.0. The van der Waals surface area contributed by atoms with Crippen LogP contribution in [0, 0.1) is 12.8 Å². The van der Waals surface area contributed by atoms with Crippen LogP contribution in [-0.2, 0) is 13.1 Å². The predicted molar refractivity (Wildman–Crippen MR) is 102 cm³/mol. The van der Waals surface area contributed by atoms with Crippen molar-refractivity contribution in [2.45, 2.75) is 40.3 Å². The zero-order valence-electron chi connectivity index (χ0n) is 15.0. The lowest BCUT2D eigenvalue weighted by molar-refractivity contribution is 0.485. The molecular weight excluding hydrogens is 312 g/mol. The molecule has 2 aromatic carbocycles. The average molecular weight is 336 g/mol. The van der Waals surface area contributed by atoms with Crippen molar-refractivity contribution < 1.29 is 0 Å². The van der Waals surface area contributed by atoms with E-state index in [1.807, 2.05) is 43.3 Å². The highest BCUT2D eigenvalue weighted by Crippen LogP contribution is 2.12. The summed E-state index contributed by atoms with van der Waals surface area (Å²) in [5, 5.41) is 0.596. The number of aryl methyl sites for hydroxylation is 1. The summed E-state index contributed by atoms with van der Waals surface area (Å²) in [6.45, 7) is 7.14. The maximum absolute atomic E-state index is 13.0. The highest BCUT2D eigenvalue weighted by Gasteiger charge is 2.13. The second kappa shape index (κ2) is 7.09. The monoisotopic (exact) mass is 336 g/mol. The number of rotatable bonds is 5. The van der Waals surface area contributed by atoms with E-state index >= 15 is 0 Å². The number of benzene rings is 2. The quantitative estimate of drug-likeness (QED) is 0.715. The van der Waals surface area contributed by atoms with Crippen molar-refractivity contribution in [3.8, 4) is 0 Å². The fourth-order valence-corrected chi connectivity index (χ4v) is 3.10. The second-order valence-electron chi connectivity index (χ2n) is 7.01. The normalized spacial score (nSPS) is 11.4. The topological polar surface area (TPSA) is 44.0 Å². The molecule has 0 saturated carbocycles. The van der Waals surface area contributed by atoms with Crippen LogP contribution < -0.4 is 11.2 Å². The van der Waals surface area contributed by atoms with Gasteiger partial charge in [0.05, 0.1) is 17.4 Å². The van der Waals surface area contributed by atoms with Gasteiger partial charge < -0.3 is 0 Å². The van der Waals surface area contributed by atoms with Crippen LogP contribution in [0.5, 0.6) is 0 Å². The standard InChI is InChI=1S/C21H24N2O2/c1-15(2)11-12-22-20(24)18-9-4-5-10-19(18)23(21(22)25)14-17-8-6-7-16(3)13-17/h4-10,13,15H,11-12,14H2,1-3H3. The molecule has 0 radical (unpaired) electrons. The van der Waals surface area contributed by atoms with Crippen molar-refractivity contribution in [2.24, 2.45) is 5.92 Å². The Kier molecular flexibility index (Phi) is 4.88. The molecule has 0 aliphatic carbocycles. The Morgan fingerprint density at radius 1 is 0.960 bits per heavy atom. The van der Waals surface area contributed by atoms with Gasteiger partial charge in [0, 0.05) is 6.54 Å². The Morgan fingerprint density at radius 2 is 1.72 bits per heavy atom. The lowest BCUT2D eigenvalue weighted by Crippen LogP contribution is -2.40. The Hall–Kier alpha value is -2.62. The molecule has 4 nitrogen and oxygen atoms in total. The van der Waals surface area contributed by atoms with Crippen LogP contribution in [0.1, 0.15) is 31.4 Å². The van der Waals surface area contributed by atoms with Crippen LogP contribution in [0.4, 0.5) is 0 Å².